The van der Waals surface area contributed by atoms with E-state index in [4.69, 9.17) is 37.4 Å². The van der Waals surface area contributed by atoms with Gasteiger partial charge in [0.15, 0.2) is 6.73 Å². The van der Waals surface area contributed by atoms with E-state index >= 15 is 0 Å². The predicted molar refractivity (Wildman–Crippen MR) is 160 cm³/mol. The van der Waals surface area contributed by atoms with Crippen LogP contribution < -0.4 is 15.2 Å². The molecule has 0 N–H and O–H groups in total. The zero-order chi connectivity index (χ0) is 28.5. The summed E-state index contributed by atoms with van der Waals surface area (Å²) in [4.78, 5) is 29.2. The molecule has 1 aliphatic rings. The molecule has 3 aromatic rings. The number of carbonyl (C=O) groups is 1. The largest absolute Gasteiger partial charge is 0.510 e. The average molecular weight is 591 g/mol. The topological polar surface area (TPSA) is 73.2 Å². The van der Waals surface area contributed by atoms with Gasteiger partial charge in [-0.15, -0.1) is 0 Å². The highest BCUT2D eigenvalue weighted by atomic mass is 35.5. The zero-order valence-corrected chi connectivity index (χ0v) is 24.6. The maximum absolute atomic E-state index is 12.5. The van der Waals surface area contributed by atoms with E-state index in [2.05, 4.69) is 9.80 Å². The van der Waals surface area contributed by atoms with Crippen molar-refractivity contribution >= 4 is 45.9 Å². The van der Waals surface area contributed by atoms with Crippen molar-refractivity contribution in [2.45, 2.75) is 39.8 Å². The number of aromatic nitrogens is 1. The number of hydrogen-bond acceptors (Lipinski definition) is 7. The number of ether oxygens (including phenoxy) is 3. The van der Waals surface area contributed by atoms with E-state index in [0.29, 0.717) is 33.8 Å². The molecule has 1 fully saturated rings. The standard InChI is InChI=1S/C30H37Cl2N3O5/c1-22(2)12-19-39-30(37)40-21-35-27-20-24(10-8-23(27)9-11-28(35)36)38-18-4-3-13-33-14-16-34(17-15-33)26-7-5-6-25(31)29(26)32/h5-11,20,22H,3-4,12-19,21H2,1-2H3. The molecule has 0 radical (unpaired) electrons. The fraction of sp³-hybridized carbons (Fsp3) is 0.467. The molecule has 4 rings (SSSR count). The number of fused-ring (bicyclic) bond motifs is 1. The van der Waals surface area contributed by atoms with Gasteiger partial charge in [-0.05, 0) is 67.4 Å². The molecule has 8 nitrogen and oxygen atoms in total. The van der Waals surface area contributed by atoms with E-state index in [1.54, 1.807) is 6.07 Å². The van der Waals surface area contributed by atoms with Crippen LogP contribution in [0.1, 0.15) is 33.1 Å². The molecule has 216 valence electrons. The number of piperazine rings is 1. The van der Waals surface area contributed by atoms with Gasteiger partial charge < -0.3 is 19.1 Å². The maximum atomic E-state index is 12.5. The number of anilines is 1. The smallest absolute Gasteiger partial charge is 0.494 e. The Bertz CT molecular complexity index is 1340. The third kappa shape index (κ3) is 8.29. The van der Waals surface area contributed by atoms with Gasteiger partial charge in [-0.2, -0.15) is 0 Å². The summed E-state index contributed by atoms with van der Waals surface area (Å²) >= 11 is 12.6. The summed E-state index contributed by atoms with van der Waals surface area (Å²) < 4.78 is 17.7. The average Bonchev–Trinajstić information content (AvgIpc) is 2.94. The Morgan fingerprint density at radius 1 is 0.950 bits per heavy atom. The molecule has 1 aliphatic heterocycles. The number of carbonyl (C=O) groups excluding carboxylic acids is 1. The van der Waals surface area contributed by atoms with Crippen LogP contribution in [0.2, 0.25) is 10.0 Å². The van der Waals surface area contributed by atoms with Crippen molar-refractivity contribution in [2.75, 3.05) is 50.8 Å². The van der Waals surface area contributed by atoms with Gasteiger partial charge in [-0.25, -0.2) is 4.79 Å². The second kappa shape index (κ2) is 14.6. The number of rotatable bonds is 12. The molecule has 2 aromatic carbocycles. The third-order valence-electron chi connectivity index (χ3n) is 6.97. The van der Waals surface area contributed by atoms with Gasteiger partial charge in [0.25, 0.3) is 5.56 Å². The lowest BCUT2D eigenvalue weighted by molar-refractivity contribution is 0.0318. The third-order valence-corrected chi connectivity index (χ3v) is 7.78. The van der Waals surface area contributed by atoms with E-state index in [-0.39, 0.29) is 18.9 Å². The maximum Gasteiger partial charge on any atom is 0.510 e. The van der Waals surface area contributed by atoms with Crippen molar-refractivity contribution in [1.29, 1.82) is 0 Å². The zero-order valence-electron chi connectivity index (χ0n) is 23.1. The van der Waals surface area contributed by atoms with Crippen LogP contribution in [-0.4, -0.2) is 61.6 Å². The van der Waals surface area contributed by atoms with Crippen molar-refractivity contribution in [2.24, 2.45) is 5.92 Å². The van der Waals surface area contributed by atoms with E-state index in [9.17, 15) is 9.59 Å². The molecule has 10 heteroatoms. The lowest BCUT2D eigenvalue weighted by Gasteiger charge is -2.36. The van der Waals surface area contributed by atoms with Crippen molar-refractivity contribution in [3.05, 3.63) is 68.9 Å². The first-order valence-corrected chi connectivity index (χ1v) is 14.5. The highest BCUT2D eigenvalue weighted by Gasteiger charge is 2.19. The van der Waals surface area contributed by atoms with Crippen LogP contribution in [0.5, 0.6) is 5.75 Å². The van der Waals surface area contributed by atoms with Crippen LogP contribution in [0, 0.1) is 5.92 Å². The second-order valence-corrected chi connectivity index (χ2v) is 11.1. The molecule has 0 bridgehead atoms. The molecule has 40 heavy (non-hydrogen) atoms. The Balaban J connectivity index is 1.22. The first-order chi connectivity index (χ1) is 19.3. The molecular formula is C30H37Cl2N3O5. The van der Waals surface area contributed by atoms with Gasteiger partial charge in [-0.1, -0.05) is 43.1 Å². The molecule has 0 aliphatic carbocycles. The summed E-state index contributed by atoms with van der Waals surface area (Å²) in [6.07, 6.45) is 1.89. The van der Waals surface area contributed by atoms with Crippen molar-refractivity contribution in [1.82, 2.24) is 9.47 Å². The van der Waals surface area contributed by atoms with Crippen molar-refractivity contribution < 1.29 is 19.0 Å². The first kappa shape index (κ1) is 30.0. The van der Waals surface area contributed by atoms with Gasteiger partial charge in [-0.3, -0.25) is 14.3 Å². The minimum atomic E-state index is -0.786. The van der Waals surface area contributed by atoms with Crippen molar-refractivity contribution in [3.8, 4) is 5.75 Å². The van der Waals surface area contributed by atoms with E-state index in [1.165, 1.54) is 10.6 Å². The van der Waals surface area contributed by atoms with Crippen LogP contribution in [0.25, 0.3) is 10.9 Å². The van der Waals surface area contributed by atoms with Gasteiger partial charge in [0.1, 0.15) is 5.75 Å². The van der Waals surface area contributed by atoms with E-state index in [0.717, 1.165) is 63.1 Å². The number of halogens is 2. The van der Waals surface area contributed by atoms with Gasteiger partial charge >= 0.3 is 6.16 Å². The number of nitrogens with zero attached hydrogens (tertiary/aromatic N) is 3. The molecule has 0 unspecified atom stereocenters. The summed E-state index contributed by atoms with van der Waals surface area (Å²) in [5, 5.41) is 2.05. The summed E-state index contributed by atoms with van der Waals surface area (Å²) in [5.41, 5.74) is 1.37. The second-order valence-electron chi connectivity index (χ2n) is 10.3. The molecule has 0 atom stereocenters. The van der Waals surface area contributed by atoms with Crippen LogP contribution >= 0.6 is 23.2 Å². The number of hydrogen-bond donors (Lipinski definition) is 0. The van der Waals surface area contributed by atoms with Gasteiger partial charge in [0, 0.05) is 38.3 Å². The fourth-order valence-electron chi connectivity index (χ4n) is 4.60. The molecular weight excluding hydrogens is 553 g/mol. The van der Waals surface area contributed by atoms with Crippen LogP contribution in [0.15, 0.2) is 53.3 Å². The highest BCUT2D eigenvalue weighted by Crippen LogP contribution is 2.32. The van der Waals surface area contributed by atoms with E-state index in [1.807, 2.05) is 50.2 Å². The molecule has 1 saturated heterocycles. The van der Waals surface area contributed by atoms with Crippen LogP contribution in [0.4, 0.5) is 10.5 Å². The quantitative estimate of drug-likeness (QED) is 0.177. The molecule has 0 saturated carbocycles. The number of unbranched alkanes of at least 4 members (excludes halogenated alkanes) is 1. The van der Waals surface area contributed by atoms with Gasteiger partial charge in [0.2, 0.25) is 0 Å². The molecule has 2 heterocycles. The first-order valence-electron chi connectivity index (χ1n) is 13.8. The molecule has 0 amide bonds. The van der Waals surface area contributed by atoms with Gasteiger partial charge in [0.05, 0.1) is 34.5 Å². The van der Waals surface area contributed by atoms with E-state index < -0.39 is 6.16 Å². The Morgan fingerprint density at radius 2 is 1.73 bits per heavy atom. The Labute approximate surface area is 245 Å². The highest BCUT2D eigenvalue weighted by molar-refractivity contribution is 6.43. The minimum Gasteiger partial charge on any atom is -0.494 e. The molecule has 0 spiro atoms. The Kier molecular flexibility index (Phi) is 11.0. The predicted octanol–water partition coefficient (Wildman–Crippen LogP) is 6.45. The Hall–Kier alpha value is -2.94. The number of pyridine rings is 1. The Morgan fingerprint density at radius 3 is 2.50 bits per heavy atom. The SMILES string of the molecule is CC(C)CCOC(=O)OCn1c(=O)ccc2ccc(OCCCCN3CCN(c4cccc(Cl)c4Cl)CC3)cc21. The van der Waals surface area contributed by atoms with Crippen LogP contribution in [-0.2, 0) is 16.2 Å². The lowest BCUT2D eigenvalue weighted by Crippen LogP contribution is -2.46. The monoisotopic (exact) mass is 589 g/mol. The fourth-order valence-corrected chi connectivity index (χ4v) is 5.02. The summed E-state index contributed by atoms with van der Waals surface area (Å²) in [6, 6.07) is 14.6. The minimum absolute atomic E-state index is 0.225. The lowest BCUT2D eigenvalue weighted by atomic mass is 10.1. The normalized spacial score (nSPS) is 14.1. The van der Waals surface area contributed by atoms with Crippen molar-refractivity contribution in [3.63, 3.8) is 0 Å². The number of benzene rings is 2. The molecule has 1 aromatic heterocycles. The summed E-state index contributed by atoms with van der Waals surface area (Å²) in [6.45, 7) is 9.49. The summed E-state index contributed by atoms with van der Waals surface area (Å²) in [7, 11) is 0. The summed E-state index contributed by atoms with van der Waals surface area (Å²) in [5.74, 6) is 1.08. The van der Waals surface area contributed by atoms with Crippen LogP contribution in [0.3, 0.4) is 0 Å².